The van der Waals surface area contributed by atoms with Crippen molar-refractivity contribution in [2.75, 3.05) is 5.32 Å². The van der Waals surface area contributed by atoms with Crippen LogP contribution in [0, 0.1) is 5.82 Å². The first-order valence-electron chi connectivity index (χ1n) is 8.37. The van der Waals surface area contributed by atoms with Crippen LogP contribution in [-0.4, -0.2) is 22.7 Å². The first-order valence-corrected chi connectivity index (χ1v) is 9.25. The van der Waals surface area contributed by atoms with Crippen molar-refractivity contribution < 1.29 is 18.7 Å². The number of cyclic esters (lactones) is 1. The van der Waals surface area contributed by atoms with Gasteiger partial charge in [-0.3, -0.25) is 4.79 Å². The number of hydrogen-bond acceptors (Lipinski definition) is 4. The molecular weight excluding hydrogens is 353 g/mol. The Bertz CT molecular complexity index is 868. The van der Waals surface area contributed by atoms with E-state index in [2.05, 4.69) is 19.2 Å². The second-order valence-corrected chi connectivity index (χ2v) is 8.33. The average Bonchev–Trinajstić information content (AvgIpc) is 2.55. The maximum absolute atomic E-state index is 13.5. The molecule has 0 radical (unpaired) electrons. The summed E-state index contributed by atoms with van der Waals surface area (Å²) in [4.78, 5) is 26.1. The summed E-state index contributed by atoms with van der Waals surface area (Å²) >= 11 is 1.63. The van der Waals surface area contributed by atoms with Crippen molar-refractivity contribution in [3.05, 3.63) is 59.4 Å². The van der Waals surface area contributed by atoms with Gasteiger partial charge in [-0.05, 0) is 42.8 Å². The predicted octanol–water partition coefficient (Wildman–Crippen LogP) is 4.44. The molecule has 136 valence electrons. The van der Waals surface area contributed by atoms with Crippen LogP contribution >= 0.6 is 11.8 Å². The smallest absolute Gasteiger partial charge is 0.339 e. The van der Waals surface area contributed by atoms with Crippen LogP contribution in [0.3, 0.4) is 0 Å². The van der Waals surface area contributed by atoms with E-state index in [1.165, 1.54) is 18.2 Å². The monoisotopic (exact) mass is 373 g/mol. The molecule has 0 spiro atoms. The zero-order valence-electron chi connectivity index (χ0n) is 14.8. The Morgan fingerprint density at radius 1 is 1.27 bits per heavy atom. The highest BCUT2D eigenvalue weighted by atomic mass is 32.2. The Kier molecular flexibility index (Phi) is 5.05. The van der Waals surface area contributed by atoms with Gasteiger partial charge in [0.05, 0.1) is 11.3 Å². The lowest BCUT2D eigenvalue weighted by Gasteiger charge is -2.33. The summed E-state index contributed by atoms with van der Waals surface area (Å²) < 4.78 is 19.0. The lowest BCUT2D eigenvalue weighted by Crippen LogP contribution is -2.49. The Hall–Kier alpha value is -2.34. The molecule has 1 aliphatic rings. The molecule has 6 heteroatoms. The topological polar surface area (TPSA) is 55.4 Å². The molecule has 1 N–H and O–H groups in total. The number of anilines is 1. The van der Waals surface area contributed by atoms with Gasteiger partial charge < -0.3 is 10.1 Å². The molecule has 1 unspecified atom stereocenters. The SMILES string of the molecule is CC(C)Sc1ccccc1NC(=O)C1(C)Cc2cc(F)ccc2C(=O)O1. The van der Waals surface area contributed by atoms with Gasteiger partial charge in [0, 0.05) is 16.6 Å². The maximum Gasteiger partial charge on any atom is 0.339 e. The third kappa shape index (κ3) is 3.75. The van der Waals surface area contributed by atoms with E-state index < -0.39 is 23.3 Å². The molecule has 0 aromatic heterocycles. The van der Waals surface area contributed by atoms with Gasteiger partial charge in [0.1, 0.15) is 5.82 Å². The number of ether oxygens (including phenoxy) is 1. The molecule has 1 heterocycles. The largest absolute Gasteiger partial charge is 0.445 e. The summed E-state index contributed by atoms with van der Waals surface area (Å²) in [6.45, 7) is 5.68. The number of para-hydroxylation sites is 1. The molecule has 2 aromatic carbocycles. The number of amides is 1. The molecule has 2 aromatic rings. The minimum Gasteiger partial charge on any atom is -0.445 e. The number of thioether (sulfide) groups is 1. The third-order valence-electron chi connectivity index (χ3n) is 4.11. The summed E-state index contributed by atoms with van der Waals surface area (Å²) in [5, 5.41) is 3.21. The lowest BCUT2D eigenvalue weighted by atomic mass is 9.89. The second kappa shape index (κ2) is 7.11. The van der Waals surface area contributed by atoms with Gasteiger partial charge in [0.2, 0.25) is 0 Å². The van der Waals surface area contributed by atoms with Gasteiger partial charge in [0.25, 0.3) is 5.91 Å². The van der Waals surface area contributed by atoms with Crippen molar-refractivity contribution in [3.8, 4) is 0 Å². The molecule has 26 heavy (non-hydrogen) atoms. The van der Waals surface area contributed by atoms with Crippen LogP contribution in [0.1, 0.15) is 36.7 Å². The van der Waals surface area contributed by atoms with Gasteiger partial charge in [-0.1, -0.05) is 26.0 Å². The first-order chi connectivity index (χ1) is 12.3. The quantitative estimate of drug-likeness (QED) is 0.636. The lowest BCUT2D eigenvalue weighted by molar-refractivity contribution is -0.134. The van der Waals surface area contributed by atoms with Crippen LogP contribution in [-0.2, 0) is 16.0 Å². The van der Waals surface area contributed by atoms with E-state index in [-0.39, 0.29) is 6.42 Å². The number of halogens is 1. The predicted molar refractivity (Wildman–Crippen MR) is 100.0 cm³/mol. The molecule has 1 atom stereocenters. The van der Waals surface area contributed by atoms with Crippen molar-refractivity contribution in [1.29, 1.82) is 0 Å². The van der Waals surface area contributed by atoms with Crippen molar-refractivity contribution >= 4 is 29.3 Å². The molecule has 0 fully saturated rings. The summed E-state index contributed by atoms with van der Waals surface area (Å²) in [7, 11) is 0. The number of benzene rings is 2. The average molecular weight is 373 g/mol. The highest BCUT2D eigenvalue weighted by Crippen LogP contribution is 2.33. The zero-order valence-corrected chi connectivity index (χ0v) is 15.7. The van der Waals surface area contributed by atoms with Crippen LogP contribution in [0.4, 0.5) is 10.1 Å². The number of hydrogen-bond donors (Lipinski definition) is 1. The fourth-order valence-corrected chi connectivity index (χ4v) is 3.79. The van der Waals surface area contributed by atoms with Crippen LogP contribution in [0.15, 0.2) is 47.4 Å². The molecule has 0 aliphatic carbocycles. The van der Waals surface area contributed by atoms with Crippen LogP contribution in [0.5, 0.6) is 0 Å². The van der Waals surface area contributed by atoms with Crippen LogP contribution in [0.2, 0.25) is 0 Å². The number of carbonyl (C=O) groups is 2. The fraction of sp³-hybridized carbons (Fsp3) is 0.300. The van der Waals surface area contributed by atoms with Crippen LogP contribution in [0.25, 0.3) is 0 Å². The Labute approximate surface area is 156 Å². The van der Waals surface area contributed by atoms with Gasteiger partial charge in [-0.15, -0.1) is 11.8 Å². The third-order valence-corrected chi connectivity index (χ3v) is 5.19. The van der Waals surface area contributed by atoms with Crippen molar-refractivity contribution in [2.45, 2.75) is 42.9 Å². The normalized spacial score (nSPS) is 19.0. The number of nitrogens with one attached hydrogen (secondary N) is 1. The number of esters is 1. The molecule has 0 saturated carbocycles. The Morgan fingerprint density at radius 3 is 2.73 bits per heavy atom. The van der Waals surface area contributed by atoms with Gasteiger partial charge in [-0.25, -0.2) is 9.18 Å². The molecule has 0 saturated heterocycles. The van der Waals surface area contributed by atoms with Gasteiger partial charge in [0.15, 0.2) is 5.60 Å². The van der Waals surface area contributed by atoms with Gasteiger partial charge in [-0.2, -0.15) is 0 Å². The summed E-state index contributed by atoms with van der Waals surface area (Å²) in [5.41, 5.74) is 0.0442. The minimum absolute atomic E-state index is 0.122. The minimum atomic E-state index is -1.40. The first kappa shape index (κ1) is 18.5. The zero-order chi connectivity index (χ0) is 18.9. The fourth-order valence-electron chi connectivity index (χ4n) is 2.87. The highest BCUT2D eigenvalue weighted by molar-refractivity contribution is 8.00. The molecule has 0 bridgehead atoms. The van der Waals surface area contributed by atoms with Crippen LogP contribution < -0.4 is 5.32 Å². The van der Waals surface area contributed by atoms with E-state index in [1.807, 2.05) is 24.3 Å². The van der Waals surface area contributed by atoms with E-state index in [1.54, 1.807) is 18.7 Å². The van der Waals surface area contributed by atoms with E-state index in [0.29, 0.717) is 22.1 Å². The highest BCUT2D eigenvalue weighted by Gasteiger charge is 2.43. The Balaban J connectivity index is 1.86. The number of carbonyl (C=O) groups excluding carboxylic acids is 2. The Morgan fingerprint density at radius 2 is 2.00 bits per heavy atom. The second-order valence-electron chi connectivity index (χ2n) is 6.72. The van der Waals surface area contributed by atoms with E-state index >= 15 is 0 Å². The van der Waals surface area contributed by atoms with Gasteiger partial charge >= 0.3 is 5.97 Å². The summed E-state index contributed by atoms with van der Waals surface area (Å²) in [6, 6.07) is 11.4. The number of fused-ring (bicyclic) bond motifs is 1. The van der Waals surface area contributed by atoms with E-state index in [9.17, 15) is 14.0 Å². The van der Waals surface area contributed by atoms with E-state index in [0.717, 1.165) is 4.90 Å². The molecular formula is C20H20FNO3S. The number of rotatable bonds is 4. The summed E-state index contributed by atoms with van der Waals surface area (Å²) in [5.74, 6) is -1.49. The standard InChI is InChI=1S/C20H20FNO3S/c1-12(2)26-17-7-5-4-6-16(17)22-19(24)20(3)11-13-10-14(21)8-9-15(13)18(23)25-20/h4-10,12H,11H2,1-3H3,(H,22,24). The molecule has 4 nitrogen and oxygen atoms in total. The molecule has 1 aliphatic heterocycles. The van der Waals surface area contributed by atoms with E-state index in [4.69, 9.17) is 4.74 Å². The maximum atomic E-state index is 13.5. The van der Waals surface area contributed by atoms with Crippen molar-refractivity contribution in [2.24, 2.45) is 0 Å². The molecule has 3 rings (SSSR count). The molecule has 1 amide bonds. The van der Waals surface area contributed by atoms with Crippen molar-refractivity contribution in [3.63, 3.8) is 0 Å². The summed E-state index contributed by atoms with van der Waals surface area (Å²) in [6.07, 6.45) is 0.122. The van der Waals surface area contributed by atoms with Crippen molar-refractivity contribution in [1.82, 2.24) is 0 Å².